The van der Waals surface area contributed by atoms with Gasteiger partial charge in [0, 0.05) is 19.6 Å². The van der Waals surface area contributed by atoms with Crippen molar-refractivity contribution in [2.45, 2.75) is 58.3 Å². The number of hydrogen-bond acceptors (Lipinski definition) is 4. The lowest BCUT2D eigenvalue weighted by Crippen LogP contribution is -2.06. The van der Waals surface area contributed by atoms with Crippen molar-refractivity contribution in [3.05, 3.63) is 5.70 Å². The molecule has 1 heterocycles. The third-order valence-electron chi connectivity index (χ3n) is 2.80. The molecule has 104 valence electrons. The van der Waals surface area contributed by atoms with E-state index >= 15 is 0 Å². The highest BCUT2D eigenvalue weighted by Crippen LogP contribution is 2.05. The minimum Gasteiger partial charge on any atom is -0.396 e. The Morgan fingerprint density at radius 3 is 2.17 bits per heavy atom. The molecule has 0 aromatic heterocycles. The van der Waals surface area contributed by atoms with E-state index in [-0.39, 0.29) is 11.5 Å². The summed E-state index contributed by atoms with van der Waals surface area (Å²) in [6, 6.07) is 0. The van der Waals surface area contributed by atoms with Crippen LogP contribution in [-0.2, 0) is 9.59 Å². The van der Waals surface area contributed by atoms with Gasteiger partial charge in [-0.25, -0.2) is 4.79 Å². The molecule has 4 nitrogen and oxygen atoms in total. The Labute approximate surface area is 109 Å². The maximum Gasteiger partial charge on any atom is 0.191 e. The number of rotatable bonds is 7. The van der Waals surface area contributed by atoms with E-state index in [0.717, 1.165) is 6.42 Å². The van der Waals surface area contributed by atoms with Crippen LogP contribution < -0.4 is 5.32 Å². The van der Waals surface area contributed by atoms with Gasteiger partial charge >= 0.3 is 0 Å². The van der Waals surface area contributed by atoms with E-state index in [9.17, 15) is 9.59 Å². The number of carbonyl (C=O) groups is 1. The predicted octanol–water partition coefficient (Wildman–Crippen LogP) is 1.99. The Bertz CT molecular complexity index is 262. The van der Waals surface area contributed by atoms with Gasteiger partial charge in [-0.2, -0.15) is 0 Å². The molecule has 1 aliphatic heterocycles. The molecule has 0 saturated carbocycles. The van der Waals surface area contributed by atoms with Crippen molar-refractivity contribution in [2.75, 3.05) is 13.2 Å². The second kappa shape index (κ2) is 12.3. The van der Waals surface area contributed by atoms with Crippen molar-refractivity contribution in [2.24, 2.45) is 0 Å². The van der Waals surface area contributed by atoms with Gasteiger partial charge in [0.15, 0.2) is 17.4 Å². The van der Waals surface area contributed by atoms with Gasteiger partial charge in [-0.1, -0.05) is 45.4 Å². The lowest BCUT2D eigenvalue weighted by atomic mass is 10.1. The van der Waals surface area contributed by atoms with Crippen LogP contribution in [0.2, 0.25) is 0 Å². The maximum absolute atomic E-state index is 10.4. The molecule has 0 aromatic rings. The van der Waals surface area contributed by atoms with E-state index in [1.807, 2.05) is 0 Å². The Kier molecular flexibility index (Phi) is 11.6. The summed E-state index contributed by atoms with van der Waals surface area (Å²) in [6.07, 6.45) is 9.37. The van der Waals surface area contributed by atoms with Crippen molar-refractivity contribution in [3.63, 3.8) is 0 Å². The molecule has 0 aliphatic carbocycles. The van der Waals surface area contributed by atoms with Gasteiger partial charge in [-0.05, 0) is 6.42 Å². The van der Waals surface area contributed by atoms with Gasteiger partial charge in [0.25, 0.3) is 0 Å². The summed E-state index contributed by atoms with van der Waals surface area (Å²) in [6.45, 7) is 3.19. The summed E-state index contributed by atoms with van der Waals surface area (Å²) < 4.78 is 0. The number of aliphatic hydroxyl groups excluding tert-OH is 1. The molecule has 2 N–H and O–H groups in total. The quantitative estimate of drug-likeness (QED) is 0.415. The van der Waals surface area contributed by atoms with Crippen LogP contribution in [0.15, 0.2) is 5.70 Å². The molecule has 1 saturated heterocycles. The number of allylic oxidation sites excluding steroid dienone is 1. The van der Waals surface area contributed by atoms with Crippen LogP contribution in [0.3, 0.4) is 0 Å². The van der Waals surface area contributed by atoms with Crippen molar-refractivity contribution >= 4 is 11.7 Å². The highest BCUT2D eigenvalue weighted by molar-refractivity contribution is 6.03. The lowest BCUT2D eigenvalue weighted by molar-refractivity contribution is -0.114. The zero-order chi connectivity index (χ0) is 13.6. The fraction of sp³-hybridized carbons (Fsp3) is 0.786. The highest BCUT2D eigenvalue weighted by atomic mass is 16.2. The van der Waals surface area contributed by atoms with Gasteiger partial charge in [-0.15, -0.1) is 0 Å². The number of Topliss-reactive ketones (excluding diaryl/α,β-unsaturated/α-hetero) is 1. The molecule has 0 amide bonds. The molecular weight excluding hydrogens is 230 g/mol. The first kappa shape index (κ1) is 16.9. The minimum absolute atomic E-state index is 0.102. The number of carbonyl (C=O) groups excluding carboxylic acids is 2. The van der Waals surface area contributed by atoms with Gasteiger partial charge in [0.05, 0.1) is 0 Å². The second-order valence-electron chi connectivity index (χ2n) is 4.42. The van der Waals surface area contributed by atoms with Crippen LogP contribution in [0.5, 0.6) is 0 Å². The summed E-state index contributed by atoms with van der Waals surface area (Å²) in [4.78, 5) is 20.2. The fourth-order valence-electron chi connectivity index (χ4n) is 1.69. The van der Waals surface area contributed by atoms with E-state index in [4.69, 9.17) is 5.11 Å². The molecule has 4 heteroatoms. The van der Waals surface area contributed by atoms with Crippen LogP contribution in [-0.4, -0.2) is 30.0 Å². The third kappa shape index (κ3) is 8.97. The number of nitrogens with one attached hydrogen (secondary N) is 1. The van der Waals surface area contributed by atoms with Crippen molar-refractivity contribution < 1.29 is 14.7 Å². The molecule has 1 aliphatic rings. The fourth-order valence-corrected chi connectivity index (χ4v) is 1.69. The Balaban J connectivity index is 0.000000327. The van der Waals surface area contributed by atoms with Crippen LogP contribution in [0.25, 0.3) is 0 Å². The number of ketones is 1. The topological polar surface area (TPSA) is 66.4 Å². The van der Waals surface area contributed by atoms with Gasteiger partial charge in [0.1, 0.15) is 0 Å². The summed E-state index contributed by atoms with van der Waals surface area (Å²) in [7, 11) is 0. The number of aliphatic hydroxyl groups is 1. The maximum atomic E-state index is 10.4. The molecule has 1 rings (SSSR count). The van der Waals surface area contributed by atoms with Crippen molar-refractivity contribution in [1.29, 1.82) is 0 Å². The smallest absolute Gasteiger partial charge is 0.191 e. The molecule has 0 bridgehead atoms. The Morgan fingerprint density at radius 1 is 1.17 bits per heavy atom. The average Bonchev–Trinajstić information content (AvgIpc) is 2.80. The van der Waals surface area contributed by atoms with E-state index in [1.165, 1.54) is 44.5 Å². The van der Waals surface area contributed by atoms with Crippen LogP contribution in [0.4, 0.5) is 0 Å². The number of hydrogen-bond donors (Lipinski definition) is 2. The van der Waals surface area contributed by atoms with Crippen LogP contribution in [0, 0.1) is 0 Å². The van der Waals surface area contributed by atoms with Crippen molar-refractivity contribution in [1.82, 2.24) is 5.32 Å². The van der Waals surface area contributed by atoms with Crippen LogP contribution >= 0.6 is 0 Å². The summed E-state index contributed by atoms with van der Waals surface area (Å²) in [5.41, 5.74) is 0.102. The molecule has 1 fully saturated rings. The zero-order valence-corrected chi connectivity index (χ0v) is 11.3. The standard InChI is InChI=1S/C9H20O.C5H5NO2/c1-2-3-4-5-6-7-8-9-10;7-3-4-5(8)1-2-6-4/h10H,2-9H2,1H3;6H,1-2H2. The monoisotopic (exact) mass is 255 g/mol. The predicted molar refractivity (Wildman–Crippen MR) is 71.9 cm³/mol. The Hall–Kier alpha value is -1.12. The van der Waals surface area contributed by atoms with E-state index < -0.39 is 0 Å². The largest absolute Gasteiger partial charge is 0.396 e. The first-order valence-electron chi connectivity index (χ1n) is 6.89. The van der Waals surface area contributed by atoms with Gasteiger partial charge in [0.2, 0.25) is 0 Å². The molecule has 0 spiro atoms. The van der Waals surface area contributed by atoms with E-state index in [0.29, 0.717) is 19.6 Å². The van der Waals surface area contributed by atoms with Gasteiger partial charge < -0.3 is 10.4 Å². The first-order chi connectivity index (χ1) is 8.76. The second-order valence-corrected chi connectivity index (χ2v) is 4.42. The third-order valence-corrected chi connectivity index (χ3v) is 2.80. The zero-order valence-electron chi connectivity index (χ0n) is 11.3. The molecule has 18 heavy (non-hydrogen) atoms. The first-order valence-corrected chi connectivity index (χ1v) is 6.89. The molecule has 0 radical (unpaired) electrons. The lowest BCUT2D eigenvalue weighted by Gasteiger charge is -1.97. The van der Waals surface area contributed by atoms with Gasteiger partial charge in [-0.3, -0.25) is 4.79 Å². The highest BCUT2D eigenvalue weighted by Gasteiger charge is 2.16. The molecular formula is C14H25NO3. The SMILES string of the molecule is CCCCCCCCCO.O=C=C1NCCC1=O. The molecule has 0 unspecified atom stereocenters. The van der Waals surface area contributed by atoms with Crippen molar-refractivity contribution in [3.8, 4) is 0 Å². The molecule has 0 atom stereocenters. The summed E-state index contributed by atoms with van der Waals surface area (Å²) >= 11 is 0. The summed E-state index contributed by atoms with van der Waals surface area (Å²) in [5, 5.41) is 11.1. The average molecular weight is 255 g/mol. The number of unbranched alkanes of at least 4 members (excludes halogenated alkanes) is 6. The Morgan fingerprint density at radius 2 is 1.78 bits per heavy atom. The van der Waals surface area contributed by atoms with Crippen LogP contribution in [0.1, 0.15) is 58.3 Å². The van der Waals surface area contributed by atoms with E-state index in [2.05, 4.69) is 12.2 Å². The van der Waals surface area contributed by atoms with E-state index in [1.54, 1.807) is 0 Å². The summed E-state index contributed by atoms with van der Waals surface area (Å²) in [5.74, 6) is 1.39. The minimum atomic E-state index is -0.125. The molecule has 0 aromatic carbocycles. The normalized spacial score (nSPS) is 13.7.